The molecule has 5 heteroatoms. The van der Waals surface area contributed by atoms with Crippen LogP contribution < -0.4 is 7.55 Å². The van der Waals surface area contributed by atoms with Gasteiger partial charge in [-0.15, -0.1) is 0 Å². The van der Waals surface area contributed by atoms with Crippen LogP contribution in [0.3, 0.4) is 0 Å². The molecule has 1 rings (SSSR count). The van der Waals surface area contributed by atoms with Crippen molar-refractivity contribution in [3.63, 3.8) is 0 Å². The van der Waals surface area contributed by atoms with E-state index in [-0.39, 0.29) is 0 Å². The normalized spacial score (nSPS) is 10.0. The van der Waals surface area contributed by atoms with Crippen molar-refractivity contribution in [1.82, 2.24) is 0 Å². The summed E-state index contributed by atoms with van der Waals surface area (Å²) in [5, 5.41) is 0. The van der Waals surface area contributed by atoms with Gasteiger partial charge < -0.3 is 0 Å². The Morgan fingerprint density at radius 1 is 1.11 bits per heavy atom. The Hall–Kier alpha value is 1.70. The molecule has 0 saturated heterocycles. The molecule has 0 aliphatic rings. The molecular weight excluding hydrogens is 398 g/mol. The summed E-state index contributed by atoms with van der Waals surface area (Å²) in [6.45, 7) is 0. The molecule has 1 heterocycles. The van der Waals surface area contributed by atoms with Crippen LogP contribution in [0.15, 0.2) is 12.1 Å². The van der Waals surface area contributed by atoms with Gasteiger partial charge in [-0.3, -0.25) is 0 Å². The molecule has 1 aromatic rings. The van der Waals surface area contributed by atoms with Gasteiger partial charge in [0, 0.05) is 0 Å². The zero-order valence-corrected chi connectivity index (χ0v) is 11.6. The van der Waals surface area contributed by atoms with Crippen LogP contribution in [-0.2, 0) is 0 Å². The van der Waals surface area contributed by atoms with Crippen molar-refractivity contribution in [3.8, 4) is 0 Å². The third kappa shape index (κ3) is 2.66. The molecule has 50 valence electrons. The SMILES string of the molecule is Br[Se]c1ccc([Se]Br)s1. The van der Waals surface area contributed by atoms with E-state index in [0.717, 1.165) is 0 Å². The van der Waals surface area contributed by atoms with Gasteiger partial charge >= 0.3 is 85.5 Å². The Balaban J connectivity index is 2.74. The van der Waals surface area contributed by atoms with Crippen molar-refractivity contribution in [2.45, 2.75) is 0 Å². The van der Waals surface area contributed by atoms with Crippen LogP contribution in [-0.4, -0.2) is 26.3 Å². The van der Waals surface area contributed by atoms with E-state index in [9.17, 15) is 0 Å². The fourth-order valence-corrected chi connectivity index (χ4v) is 6.93. The summed E-state index contributed by atoms with van der Waals surface area (Å²) in [6, 6.07) is 4.38. The van der Waals surface area contributed by atoms with Gasteiger partial charge in [0.05, 0.1) is 0 Å². The molecule has 0 bridgehead atoms. The van der Waals surface area contributed by atoms with Crippen molar-refractivity contribution in [2.75, 3.05) is 0 Å². The fraction of sp³-hybridized carbons (Fsp3) is 0. The first-order chi connectivity index (χ1) is 4.36. The zero-order valence-electron chi connectivity index (χ0n) is 4.14. The van der Waals surface area contributed by atoms with Crippen LogP contribution in [0.5, 0.6) is 0 Å². The van der Waals surface area contributed by atoms with E-state index in [4.69, 9.17) is 0 Å². The number of hydrogen-bond acceptors (Lipinski definition) is 1. The van der Waals surface area contributed by atoms with Crippen molar-refractivity contribution >= 4 is 73.4 Å². The first-order valence-electron chi connectivity index (χ1n) is 2.04. The van der Waals surface area contributed by atoms with E-state index in [1.54, 1.807) is 0 Å². The number of hydrogen-bond donors (Lipinski definition) is 0. The summed E-state index contributed by atoms with van der Waals surface area (Å²) in [6.07, 6.45) is 0. The van der Waals surface area contributed by atoms with E-state index < -0.39 is 0 Å². The molecule has 0 aromatic carbocycles. The second-order valence-corrected chi connectivity index (χ2v) is 9.34. The van der Waals surface area contributed by atoms with Crippen LogP contribution >= 0.6 is 39.6 Å². The number of rotatable bonds is 2. The molecule has 9 heavy (non-hydrogen) atoms. The van der Waals surface area contributed by atoms with Crippen molar-refractivity contribution in [3.05, 3.63) is 12.1 Å². The summed E-state index contributed by atoms with van der Waals surface area (Å²) >= 11 is 9.84. The van der Waals surface area contributed by atoms with Crippen LogP contribution in [0.4, 0.5) is 0 Å². The maximum atomic E-state index is 3.46. The predicted molar refractivity (Wildman–Crippen MR) is 52.9 cm³/mol. The molecule has 0 nitrogen and oxygen atoms in total. The molecule has 0 amide bonds. The van der Waals surface area contributed by atoms with Gasteiger partial charge in [0.1, 0.15) is 0 Å². The molecule has 0 aliphatic carbocycles. The topological polar surface area (TPSA) is 0 Å². The summed E-state index contributed by atoms with van der Waals surface area (Å²) in [5.74, 6) is 0. The standard InChI is InChI=1S/C4H2Br2SSe2/c5-8-3-1-2-4(7-3)9-6/h1-2H. The summed E-state index contributed by atoms with van der Waals surface area (Å²) in [4.78, 5) is 0. The Morgan fingerprint density at radius 3 is 1.78 bits per heavy atom. The molecule has 0 N–H and O–H groups in total. The van der Waals surface area contributed by atoms with Crippen LogP contribution in [0.1, 0.15) is 0 Å². The quantitative estimate of drug-likeness (QED) is 0.652. The molecule has 0 aliphatic heterocycles. The number of thiophene rings is 1. The minimum absolute atomic E-state index is 0.508. The molecule has 0 radical (unpaired) electrons. The molecule has 0 fully saturated rings. The van der Waals surface area contributed by atoms with Crippen molar-refractivity contribution in [2.24, 2.45) is 0 Å². The summed E-state index contributed by atoms with van der Waals surface area (Å²) < 4.78 is 2.94. The van der Waals surface area contributed by atoms with E-state index in [1.165, 1.54) is 7.55 Å². The van der Waals surface area contributed by atoms with Gasteiger partial charge in [-0.05, 0) is 0 Å². The average Bonchev–Trinajstić information content (AvgIpc) is 2.34. The van der Waals surface area contributed by atoms with Crippen molar-refractivity contribution < 1.29 is 0 Å². The van der Waals surface area contributed by atoms with Gasteiger partial charge in [-0.2, -0.15) is 0 Å². The van der Waals surface area contributed by atoms with Crippen LogP contribution in [0.25, 0.3) is 0 Å². The third-order valence-corrected chi connectivity index (χ3v) is 10.4. The Labute approximate surface area is 84.5 Å². The molecule has 0 atom stereocenters. The Morgan fingerprint density at radius 2 is 1.56 bits per heavy atom. The first-order valence-corrected chi connectivity index (χ1v) is 12.6. The van der Waals surface area contributed by atoms with Crippen molar-refractivity contribution in [1.29, 1.82) is 0 Å². The molecule has 0 saturated carbocycles. The molecule has 0 spiro atoms. The minimum atomic E-state index is 0.508. The summed E-state index contributed by atoms with van der Waals surface area (Å²) in [5.41, 5.74) is 0. The van der Waals surface area contributed by atoms with Gasteiger partial charge in [0.15, 0.2) is 0 Å². The second kappa shape index (κ2) is 4.55. The molecular formula is C4H2Br2SSe2. The fourth-order valence-electron chi connectivity index (χ4n) is 0.386. The predicted octanol–water partition coefficient (Wildman–Crippen LogP) is 1.03. The van der Waals surface area contributed by atoms with Gasteiger partial charge in [-0.1, -0.05) is 0 Å². The van der Waals surface area contributed by atoms with E-state index in [1.807, 2.05) is 11.3 Å². The Bertz CT molecular complexity index is 170. The maximum absolute atomic E-state index is 3.46. The first kappa shape index (κ1) is 8.79. The second-order valence-electron chi connectivity index (χ2n) is 1.23. The van der Waals surface area contributed by atoms with Gasteiger partial charge in [0.25, 0.3) is 0 Å². The van der Waals surface area contributed by atoms with Gasteiger partial charge in [-0.25, -0.2) is 0 Å². The van der Waals surface area contributed by atoms with E-state index in [2.05, 4.69) is 40.4 Å². The zero-order chi connectivity index (χ0) is 6.69. The monoisotopic (exact) mass is 400 g/mol. The third-order valence-electron chi connectivity index (χ3n) is 0.709. The Kier molecular flexibility index (Phi) is 4.45. The van der Waals surface area contributed by atoms with Crippen LogP contribution in [0.2, 0.25) is 0 Å². The van der Waals surface area contributed by atoms with Gasteiger partial charge in [0.2, 0.25) is 0 Å². The van der Waals surface area contributed by atoms with Crippen LogP contribution in [0, 0.1) is 0 Å². The van der Waals surface area contributed by atoms with E-state index >= 15 is 0 Å². The summed E-state index contributed by atoms with van der Waals surface area (Å²) in [7, 11) is 0. The van der Waals surface area contributed by atoms with E-state index in [0.29, 0.717) is 26.3 Å². The average molecular weight is 400 g/mol. The molecule has 0 unspecified atom stereocenters. The molecule has 1 aromatic heterocycles. The number of halogens is 2.